The van der Waals surface area contributed by atoms with Crippen molar-refractivity contribution in [2.45, 2.75) is 38.8 Å². The Hall–Kier alpha value is -1.14. The summed E-state index contributed by atoms with van der Waals surface area (Å²) in [7, 11) is 0. The summed E-state index contributed by atoms with van der Waals surface area (Å²) < 4.78 is 14.6. The number of carbonyl (C=O) groups excluding carboxylic acids is 2. The average Bonchev–Trinajstić information content (AvgIpc) is 2.09. The zero-order valence-corrected chi connectivity index (χ0v) is 8.63. The Morgan fingerprint density at radius 1 is 1.27 bits per heavy atom. The molecule has 1 rings (SSSR count). The van der Waals surface area contributed by atoms with Crippen molar-refractivity contribution in [3.8, 4) is 0 Å². The molecule has 0 aliphatic carbocycles. The summed E-state index contributed by atoms with van der Waals surface area (Å²) in [6, 6.07) is 0. The van der Waals surface area contributed by atoms with Crippen LogP contribution in [-0.4, -0.2) is 42.1 Å². The van der Waals surface area contributed by atoms with Gasteiger partial charge in [-0.3, -0.25) is 9.59 Å². The van der Waals surface area contributed by atoms with Gasteiger partial charge in [-0.25, -0.2) is 0 Å². The van der Waals surface area contributed by atoms with Crippen molar-refractivity contribution in [1.82, 2.24) is 0 Å². The van der Waals surface area contributed by atoms with E-state index in [9.17, 15) is 14.7 Å². The van der Waals surface area contributed by atoms with E-state index in [0.29, 0.717) is 6.42 Å². The lowest BCUT2D eigenvalue weighted by Gasteiger charge is -2.33. The summed E-state index contributed by atoms with van der Waals surface area (Å²) in [4.78, 5) is 21.5. The molecule has 1 saturated heterocycles. The van der Waals surface area contributed by atoms with Gasteiger partial charge in [-0.2, -0.15) is 0 Å². The molecule has 0 spiro atoms. The Kier molecular flexibility index (Phi) is 4.05. The molecular weight excluding hydrogens is 204 g/mol. The second-order valence-corrected chi connectivity index (χ2v) is 3.27. The quantitative estimate of drug-likeness (QED) is 0.634. The molecule has 0 aromatic carbocycles. The molecule has 1 unspecified atom stereocenters. The third kappa shape index (κ3) is 3.49. The van der Waals surface area contributed by atoms with Gasteiger partial charge in [0.25, 0.3) is 0 Å². The molecule has 1 aliphatic rings. The molecule has 0 saturated carbocycles. The van der Waals surface area contributed by atoms with Gasteiger partial charge in [-0.1, -0.05) is 0 Å². The third-order valence-corrected chi connectivity index (χ3v) is 1.96. The smallest absolute Gasteiger partial charge is 0.303 e. The van der Waals surface area contributed by atoms with E-state index in [1.165, 1.54) is 13.8 Å². The van der Waals surface area contributed by atoms with Gasteiger partial charge in [0.15, 0.2) is 12.4 Å². The van der Waals surface area contributed by atoms with Gasteiger partial charge in [-0.15, -0.1) is 0 Å². The molecule has 3 atom stereocenters. The summed E-state index contributed by atoms with van der Waals surface area (Å²) in [5.41, 5.74) is 0. The maximum absolute atomic E-state index is 10.8. The number of esters is 2. The number of rotatable bonds is 2. The molecule has 0 aromatic heterocycles. The van der Waals surface area contributed by atoms with Crippen LogP contribution in [0.4, 0.5) is 0 Å². The van der Waals surface area contributed by atoms with Crippen LogP contribution in [0.25, 0.3) is 0 Å². The predicted molar refractivity (Wildman–Crippen MR) is 47.7 cm³/mol. The molecule has 1 heterocycles. The van der Waals surface area contributed by atoms with E-state index in [2.05, 4.69) is 0 Å². The van der Waals surface area contributed by atoms with Gasteiger partial charge in [0.2, 0.25) is 0 Å². The number of aliphatic hydroxyl groups excluding tert-OH is 1. The number of hydrogen-bond acceptors (Lipinski definition) is 6. The summed E-state index contributed by atoms with van der Waals surface area (Å²) >= 11 is 0. The fourth-order valence-electron chi connectivity index (χ4n) is 1.41. The third-order valence-electron chi connectivity index (χ3n) is 1.96. The van der Waals surface area contributed by atoms with Crippen LogP contribution in [0.2, 0.25) is 0 Å². The monoisotopic (exact) mass is 218 g/mol. The number of ether oxygens (including phenoxy) is 3. The number of carbonyl (C=O) groups is 2. The Morgan fingerprint density at radius 3 is 2.40 bits per heavy atom. The largest absolute Gasteiger partial charge is 0.458 e. The van der Waals surface area contributed by atoms with E-state index in [0.717, 1.165) is 0 Å². The zero-order chi connectivity index (χ0) is 11.4. The first kappa shape index (κ1) is 11.9. The minimum Gasteiger partial charge on any atom is -0.458 e. The van der Waals surface area contributed by atoms with Crippen LogP contribution in [0.15, 0.2) is 0 Å². The van der Waals surface area contributed by atoms with Gasteiger partial charge >= 0.3 is 11.9 Å². The average molecular weight is 218 g/mol. The number of hydrogen-bond donors (Lipinski definition) is 1. The van der Waals surface area contributed by atoms with Crippen molar-refractivity contribution in [3.05, 3.63) is 0 Å². The van der Waals surface area contributed by atoms with Crippen molar-refractivity contribution >= 4 is 11.9 Å². The van der Waals surface area contributed by atoms with Crippen molar-refractivity contribution in [1.29, 1.82) is 0 Å². The van der Waals surface area contributed by atoms with Gasteiger partial charge in [0, 0.05) is 20.3 Å². The topological polar surface area (TPSA) is 82.1 Å². The normalized spacial score (nSPS) is 30.7. The second-order valence-electron chi connectivity index (χ2n) is 3.27. The highest BCUT2D eigenvalue weighted by molar-refractivity contribution is 5.67. The van der Waals surface area contributed by atoms with Gasteiger partial charge in [-0.05, 0) is 0 Å². The molecule has 15 heavy (non-hydrogen) atoms. The van der Waals surface area contributed by atoms with Crippen molar-refractivity contribution in [2.75, 3.05) is 6.61 Å². The fourth-order valence-corrected chi connectivity index (χ4v) is 1.41. The Morgan fingerprint density at radius 2 is 1.87 bits per heavy atom. The van der Waals surface area contributed by atoms with Crippen LogP contribution in [0.1, 0.15) is 20.3 Å². The Balaban J connectivity index is 2.63. The van der Waals surface area contributed by atoms with Gasteiger partial charge in [0.05, 0.1) is 6.61 Å². The van der Waals surface area contributed by atoms with E-state index >= 15 is 0 Å². The lowest BCUT2D eigenvalue weighted by Crippen LogP contribution is -2.48. The maximum atomic E-state index is 10.8. The molecular formula is C9H14O6. The first-order valence-corrected chi connectivity index (χ1v) is 4.65. The molecule has 86 valence electrons. The van der Waals surface area contributed by atoms with E-state index in [-0.39, 0.29) is 6.61 Å². The highest BCUT2D eigenvalue weighted by Gasteiger charge is 2.37. The predicted octanol–water partition coefficient (Wildman–Crippen LogP) is -0.412. The molecule has 6 heteroatoms. The van der Waals surface area contributed by atoms with E-state index in [4.69, 9.17) is 14.2 Å². The highest BCUT2D eigenvalue weighted by atomic mass is 16.7. The first-order valence-electron chi connectivity index (χ1n) is 4.65. The van der Waals surface area contributed by atoms with Crippen molar-refractivity contribution in [2.24, 2.45) is 0 Å². The molecule has 0 radical (unpaired) electrons. The molecule has 1 N–H and O–H groups in total. The van der Waals surface area contributed by atoms with Crippen LogP contribution in [0.3, 0.4) is 0 Å². The molecule has 1 aliphatic heterocycles. The summed E-state index contributed by atoms with van der Waals surface area (Å²) in [5, 5.41) is 9.41. The number of aliphatic hydroxyl groups is 1. The fraction of sp³-hybridized carbons (Fsp3) is 0.778. The molecule has 6 nitrogen and oxygen atoms in total. The van der Waals surface area contributed by atoms with Gasteiger partial charge < -0.3 is 19.3 Å². The minimum absolute atomic E-state index is 0.261. The van der Waals surface area contributed by atoms with Crippen LogP contribution in [0, 0.1) is 0 Å². The van der Waals surface area contributed by atoms with E-state index < -0.39 is 30.4 Å². The maximum Gasteiger partial charge on any atom is 0.303 e. The van der Waals surface area contributed by atoms with Crippen LogP contribution in [-0.2, 0) is 23.8 Å². The van der Waals surface area contributed by atoms with Crippen molar-refractivity contribution in [3.63, 3.8) is 0 Å². The summed E-state index contributed by atoms with van der Waals surface area (Å²) in [5.74, 6) is -1.03. The van der Waals surface area contributed by atoms with Crippen molar-refractivity contribution < 1.29 is 28.9 Å². The summed E-state index contributed by atoms with van der Waals surface area (Å²) in [6.45, 7) is 2.73. The van der Waals surface area contributed by atoms with E-state index in [1.54, 1.807) is 0 Å². The summed E-state index contributed by atoms with van der Waals surface area (Å²) in [6.07, 6.45) is -2.43. The first-order chi connectivity index (χ1) is 7.00. The molecule has 0 bridgehead atoms. The van der Waals surface area contributed by atoms with Crippen LogP contribution in [0.5, 0.6) is 0 Å². The Labute approximate surface area is 87.1 Å². The van der Waals surface area contributed by atoms with Crippen LogP contribution >= 0.6 is 0 Å². The molecule has 0 amide bonds. The SMILES string of the molecule is CC(=O)O[C@H]1CCOC(O)[C@@H]1OC(C)=O. The molecule has 1 fully saturated rings. The van der Waals surface area contributed by atoms with E-state index in [1.807, 2.05) is 0 Å². The van der Waals surface area contributed by atoms with Gasteiger partial charge in [0.1, 0.15) is 6.10 Å². The second kappa shape index (κ2) is 5.09. The lowest BCUT2D eigenvalue weighted by molar-refractivity contribution is -0.238. The lowest BCUT2D eigenvalue weighted by atomic mass is 10.1. The zero-order valence-electron chi connectivity index (χ0n) is 8.63. The van der Waals surface area contributed by atoms with Crippen LogP contribution < -0.4 is 0 Å². The Bertz CT molecular complexity index is 251. The highest BCUT2D eigenvalue weighted by Crippen LogP contribution is 2.19. The molecule has 0 aromatic rings. The minimum atomic E-state index is -1.24. The standard InChI is InChI=1S/C9H14O6/c1-5(10)14-7-3-4-13-9(12)8(7)15-6(2)11/h7-9,12H,3-4H2,1-2H3/t7-,8+,9?/m0/s1.